The molecule has 17 heavy (non-hydrogen) atoms. The van der Waals surface area contributed by atoms with Gasteiger partial charge in [0.05, 0.1) is 0 Å². The summed E-state index contributed by atoms with van der Waals surface area (Å²) in [6, 6.07) is 0.299. The first kappa shape index (κ1) is 12.0. The Labute approximate surface area is 100 Å². The van der Waals surface area contributed by atoms with Crippen LogP contribution >= 0.6 is 0 Å². The summed E-state index contributed by atoms with van der Waals surface area (Å²) in [7, 11) is 0. The Morgan fingerprint density at radius 2 is 2.35 bits per heavy atom. The highest BCUT2D eigenvalue weighted by Gasteiger charge is 2.30. The fraction of sp³-hybridized carbons (Fsp3) is 0.727. The van der Waals surface area contributed by atoms with Crippen LogP contribution in [0.3, 0.4) is 0 Å². The summed E-state index contributed by atoms with van der Waals surface area (Å²) in [5.74, 6) is 0.740. The average molecular weight is 238 g/mol. The molecule has 1 fully saturated rings. The van der Waals surface area contributed by atoms with Crippen molar-refractivity contribution in [2.24, 2.45) is 0 Å². The number of rotatable bonds is 5. The lowest BCUT2D eigenvalue weighted by Gasteiger charge is -2.36. The van der Waals surface area contributed by atoms with Gasteiger partial charge in [-0.05, 0) is 32.6 Å². The van der Waals surface area contributed by atoms with Crippen LogP contribution in [0.1, 0.15) is 42.1 Å². The first-order chi connectivity index (χ1) is 8.22. The minimum atomic E-state index is -0.132. The van der Waals surface area contributed by atoms with Crippen LogP contribution in [0, 0.1) is 6.92 Å². The van der Waals surface area contributed by atoms with Crippen molar-refractivity contribution in [1.29, 1.82) is 0 Å². The van der Waals surface area contributed by atoms with Crippen LogP contribution in [0.4, 0.5) is 0 Å². The zero-order valence-corrected chi connectivity index (χ0v) is 10.0. The summed E-state index contributed by atoms with van der Waals surface area (Å²) >= 11 is 0. The van der Waals surface area contributed by atoms with Crippen molar-refractivity contribution < 1.29 is 9.90 Å². The number of hydrogen-bond acceptors (Lipinski definition) is 4. The van der Waals surface area contributed by atoms with Crippen LogP contribution in [0.2, 0.25) is 0 Å². The third kappa shape index (κ3) is 2.63. The lowest BCUT2D eigenvalue weighted by Crippen LogP contribution is -2.45. The molecule has 2 rings (SSSR count). The maximum Gasteiger partial charge on any atom is 0.293 e. The Hall–Kier alpha value is -1.43. The van der Waals surface area contributed by atoms with Crippen LogP contribution in [0.25, 0.3) is 0 Å². The van der Waals surface area contributed by atoms with Gasteiger partial charge in [0.2, 0.25) is 5.82 Å². The summed E-state index contributed by atoms with van der Waals surface area (Å²) < 4.78 is 0. The molecule has 1 aliphatic carbocycles. The van der Waals surface area contributed by atoms with E-state index >= 15 is 0 Å². The van der Waals surface area contributed by atoms with E-state index in [0.29, 0.717) is 24.8 Å². The number of aliphatic hydroxyl groups is 1. The predicted molar refractivity (Wildman–Crippen MR) is 61.5 cm³/mol. The van der Waals surface area contributed by atoms with Crippen LogP contribution < -0.4 is 0 Å². The molecule has 6 heteroatoms. The number of nitrogens with zero attached hydrogens (tertiary/aromatic N) is 3. The fourth-order valence-electron chi connectivity index (χ4n) is 1.96. The second-order valence-electron chi connectivity index (χ2n) is 4.40. The summed E-state index contributed by atoms with van der Waals surface area (Å²) in [6.45, 7) is 2.45. The van der Waals surface area contributed by atoms with Crippen LogP contribution in [0.5, 0.6) is 0 Å². The SMILES string of the molecule is Cc1nc(C(=O)N(CCCO)C2CCC2)n[nH]1. The Bertz CT molecular complexity index is 387. The maximum atomic E-state index is 12.2. The van der Waals surface area contributed by atoms with Gasteiger partial charge in [-0.2, -0.15) is 0 Å². The molecule has 1 aliphatic rings. The first-order valence-corrected chi connectivity index (χ1v) is 6.03. The van der Waals surface area contributed by atoms with Crippen molar-refractivity contribution >= 4 is 5.91 Å². The van der Waals surface area contributed by atoms with Crippen molar-refractivity contribution in [2.75, 3.05) is 13.2 Å². The van der Waals surface area contributed by atoms with Crippen molar-refractivity contribution in [1.82, 2.24) is 20.1 Å². The average Bonchev–Trinajstić information content (AvgIpc) is 2.67. The van der Waals surface area contributed by atoms with E-state index in [2.05, 4.69) is 15.2 Å². The third-order valence-corrected chi connectivity index (χ3v) is 3.12. The van der Waals surface area contributed by atoms with Crippen LogP contribution in [0.15, 0.2) is 0 Å². The summed E-state index contributed by atoms with van der Waals surface area (Å²) in [5.41, 5.74) is 0. The van der Waals surface area contributed by atoms with E-state index in [4.69, 9.17) is 5.11 Å². The van der Waals surface area contributed by atoms with E-state index in [1.165, 1.54) is 6.42 Å². The lowest BCUT2D eigenvalue weighted by molar-refractivity contribution is 0.0550. The number of aliphatic hydroxyl groups excluding tert-OH is 1. The number of aryl methyl sites for hydroxylation is 1. The summed E-state index contributed by atoms with van der Waals surface area (Å²) in [4.78, 5) is 18.1. The molecule has 0 radical (unpaired) electrons. The number of H-pyrrole nitrogens is 1. The van der Waals surface area contributed by atoms with E-state index in [1.54, 1.807) is 11.8 Å². The molecular weight excluding hydrogens is 220 g/mol. The highest BCUT2D eigenvalue weighted by atomic mass is 16.3. The summed E-state index contributed by atoms with van der Waals surface area (Å²) in [5, 5.41) is 15.4. The van der Waals surface area contributed by atoms with Gasteiger partial charge in [0.25, 0.3) is 5.91 Å². The lowest BCUT2D eigenvalue weighted by atomic mass is 9.91. The largest absolute Gasteiger partial charge is 0.396 e. The van der Waals surface area contributed by atoms with E-state index in [0.717, 1.165) is 12.8 Å². The monoisotopic (exact) mass is 238 g/mol. The topological polar surface area (TPSA) is 82.1 Å². The number of aromatic amines is 1. The van der Waals surface area contributed by atoms with Gasteiger partial charge in [-0.1, -0.05) is 0 Å². The number of carbonyl (C=O) groups is 1. The fourth-order valence-corrected chi connectivity index (χ4v) is 1.96. The van der Waals surface area contributed by atoms with Crippen molar-refractivity contribution in [3.63, 3.8) is 0 Å². The van der Waals surface area contributed by atoms with Gasteiger partial charge >= 0.3 is 0 Å². The molecule has 1 heterocycles. The second-order valence-corrected chi connectivity index (χ2v) is 4.40. The molecule has 0 aliphatic heterocycles. The predicted octanol–water partition coefficient (Wildman–Crippen LogP) is 0.490. The molecule has 1 aromatic rings. The molecule has 0 atom stereocenters. The molecule has 0 aromatic carbocycles. The molecule has 1 aromatic heterocycles. The number of carbonyl (C=O) groups excluding carboxylic acids is 1. The Kier molecular flexibility index (Phi) is 3.73. The van der Waals surface area contributed by atoms with Gasteiger partial charge in [-0.3, -0.25) is 9.89 Å². The smallest absolute Gasteiger partial charge is 0.293 e. The standard InChI is InChI=1S/C11H18N4O2/c1-8-12-10(14-13-8)11(17)15(6-3-7-16)9-4-2-5-9/h9,16H,2-7H2,1H3,(H,12,13,14). The molecule has 0 saturated heterocycles. The number of amides is 1. The molecule has 1 saturated carbocycles. The number of nitrogens with one attached hydrogen (secondary N) is 1. The molecule has 0 unspecified atom stereocenters. The minimum absolute atomic E-state index is 0.101. The maximum absolute atomic E-state index is 12.2. The van der Waals surface area contributed by atoms with Crippen LogP contribution in [-0.2, 0) is 0 Å². The Morgan fingerprint density at radius 1 is 1.59 bits per heavy atom. The highest BCUT2D eigenvalue weighted by molar-refractivity contribution is 5.90. The second kappa shape index (κ2) is 5.27. The van der Waals surface area contributed by atoms with Gasteiger partial charge in [0.15, 0.2) is 0 Å². The quantitative estimate of drug-likeness (QED) is 0.782. The Morgan fingerprint density at radius 3 is 2.82 bits per heavy atom. The molecule has 0 spiro atoms. The molecule has 6 nitrogen and oxygen atoms in total. The van der Waals surface area contributed by atoms with Gasteiger partial charge in [-0.15, -0.1) is 5.10 Å². The van der Waals surface area contributed by atoms with E-state index < -0.39 is 0 Å². The summed E-state index contributed by atoms with van der Waals surface area (Å²) in [6.07, 6.45) is 3.85. The van der Waals surface area contributed by atoms with Crippen molar-refractivity contribution in [2.45, 2.75) is 38.6 Å². The van der Waals surface area contributed by atoms with Gasteiger partial charge in [0.1, 0.15) is 5.82 Å². The normalized spacial score (nSPS) is 15.6. The van der Waals surface area contributed by atoms with Crippen LogP contribution in [-0.4, -0.2) is 50.3 Å². The van der Waals surface area contributed by atoms with E-state index in [9.17, 15) is 4.79 Å². The molecule has 2 N–H and O–H groups in total. The Balaban J connectivity index is 2.06. The number of hydrogen-bond donors (Lipinski definition) is 2. The third-order valence-electron chi connectivity index (χ3n) is 3.12. The van der Waals surface area contributed by atoms with Gasteiger partial charge < -0.3 is 10.0 Å². The van der Waals surface area contributed by atoms with Gasteiger partial charge in [0, 0.05) is 19.2 Å². The highest BCUT2D eigenvalue weighted by Crippen LogP contribution is 2.25. The molecule has 94 valence electrons. The minimum Gasteiger partial charge on any atom is -0.396 e. The van der Waals surface area contributed by atoms with E-state index in [1.807, 2.05) is 0 Å². The van der Waals surface area contributed by atoms with E-state index in [-0.39, 0.29) is 18.3 Å². The van der Waals surface area contributed by atoms with Crippen molar-refractivity contribution in [3.8, 4) is 0 Å². The molecule has 0 bridgehead atoms. The van der Waals surface area contributed by atoms with Gasteiger partial charge in [-0.25, -0.2) is 4.98 Å². The zero-order valence-electron chi connectivity index (χ0n) is 10.0. The zero-order chi connectivity index (χ0) is 12.3. The molecular formula is C11H18N4O2. The first-order valence-electron chi connectivity index (χ1n) is 6.03. The van der Waals surface area contributed by atoms with Crippen molar-refractivity contribution in [3.05, 3.63) is 11.6 Å². The molecule has 1 amide bonds. The number of aromatic nitrogens is 3.